The molecule has 1 amide bonds. The summed E-state index contributed by atoms with van der Waals surface area (Å²) in [5, 5.41) is 3.16. The number of benzene rings is 1. The van der Waals surface area contributed by atoms with E-state index in [2.05, 4.69) is 27.4 Å². The molecule has 0 spiro atoms. The summed E-state index contributed by atoms with van der Waals surface area (Å²) in [4.78, 5) is 20.1. The minimum Gasteiger partial charge on any atom is -0.357 e. The monoisotopic (exact) mass is 317 g/mol. The number of aromatic nitrogens is 2. The standard InChI is InChI=1S/C20H19N3O/c1-13-18-17(23-19(13)15-7-9-21-10-8-15)12-16(22-20(18)24)11-14-5-3-2-4-6-14/h2-10,16,23H,11-12H2,1H3,(H,22,24). The largest absolute Gasteiger partial charge is 0.357 e. The van der Waals surface area contributed by atoms with E-state index >= 15 is 0 Å². The van der Waals surface area contributed by atoms with Crippen LogP contribution in [0.1, 0.15) is 27.2 Å². The summed E-state index contributed by atoms with van der Waals surface area (Å²) in [6.45, 7) is 2.00. The highest BCUT2D eigenvalue weighted by atomic mass is 16.1. The fourth-order valence-electron chi connectivity index (χ4n) is 3.50. The molecule has 1 unspecified atom stereocenters. The predicted molar refractivity (Wildman–Crippen MR) is 93.9 cm³/mol. The second-order valence-corrected chi connectivity index (χ2v) is 6.28. The number of fused-ring (bicyclic) bond motifs is 1. The Morgan fingerprint density at radius 1 is 1.12 bits per heavy atom. The van der Waals surface area contributed by atoms with Crippen molar-refractivity contribution in [3.8, 4) is 11.3 Å². The highest BCUT2D eigenvalue weighted by molar-refractivity contribution is 6.00. The van der Waals surface area contributed by atoms with E-state index in [9.17, 15) is 4.79 Å². The third-order valence-corrected chi connectivity index (χ3v) is 4.63. The Morgan fingerprint density at radius 2 is 1.88 bits per heavy atom. The summed E-state index contributed by atoms with van der Waals surface area (Å²) in [6.07, 6.45) is 5.20. The van der Waals surface area contributed by atoms with Gasteiger partial charge < -0.3 is 10.3 Å². The van der Waals surface area contributed by atoms with Gasteiger partial charge in [-0.25, -0.2) is 0 Å². The molecule has 3 heterocycles. The Labute approximate surface area is 141 Å². The van der Waals surface area contributed by atoms with Crippen LogP contribution in [0.25, 0.3) is 11.3 Å². The number of amides is 1. The quantitative estimate of drug-likeness (QED) is 0.779. The first-order valence-corrected chi connectivity index (χ1v) is 8.19. The van der Waals surface area contributed by atoms with Crippen LogP contribution in [-0.4, -0.2) is 21.9 Å². The number of hydrogen-bond acceptors (Lipinski definition) is 2. The third kappa shape index (κ3) is 2.60. The predicted octanol–water partition coefficient (Wildman–Crippen LogP) is 3.28. The van der Waals surface area contributed by atoms with Crippen LogP contribution in [0.2, 0.25) is 0 Å². The van der Waals surface area contributed by atoms with E-state index < -0.39 is 0 Å². The van der Waals surface area contributed by atoms with Crippen molar-refractivity contribution in [3.05, 3.63) is 77.2 Å². The molecule has 1 aromatic carbocycles. The average molecular weight is 317 g/mol. The number of hydrogen-bond donors (Lipinski definition) is 2. The molecule has 0 fully saturated rings. The normalized spacial score (nSPS) is 16.5. The van der Waals surface area contributed by atoms with E-state index in [1.807, 2.05) is 37.3 Å². The molecule has 4 nitrogen and oxygen atoms in total. The van der Waals surface area contributed by atoms with Gasteiger partial charge in [0, 0.05) is 41.8 Å². The molecule has 0 saturated carbocycles. The van der Waals surface area contributed by atoms with E-state index in [0.29, 0.717) is 0 Å². The molecule has 3 aromatic rings. The Morgan fingerprint density at radius 3 is 2.62 bits per heavy atom. The van der Waals surface area contributed by atoms with Crippen molar-refractivity contribution in [2.45, 2.75) is 25.8 Å². The van der Waals surface area contributed by atoms with Gasteiger partial charge in [-0.05, 0) is 36.6 Å². The van der Waals surface area contributed by atoms with Gasteiger partial charge in [-0.1, -0.05) is 30.3 Å². The molecule has 1 aliphatic rings. The van der Waals surface area contributed by atoms with Gasteiger partial charge in [-0.2, -0.15) is 0 Å². The van der Waals surface area contributed by atoms with Gasteiger partial charge in [-0.15, -0.1) is 0 Å². The Bertz CT molecular complexity index is 869. The van der Waals surface area contributed by atoms with Gasteiger partial charge in [-0.3, -0.25) is 9.78 Å². The van der Waals surface area contributed by atoms with Gasteiger partial charge in [0.2, 0.25) is 0 Å². The molecule has 1 atom stereocenters. The smallest absolute Gasteiger partial charge is 0.253 e. The minimum atomic E-state index is 0.0197. The summed E-state index contributed by atoms with van der Waals surface area (Å²) >= 11 is 0. The van der Waals surface area contributed by atoms with Crippen molar-refractivity contribution in [1.82, 2.24) is 15.3 Å². The van der Waals surface area contributed by atoms with Crippen LogP contribution in [0.4, 0.5) is 0 Å². The molecule has 2 N–H and O–H groups in total. The van der Waals surface area contributed by atoms with Gasteiger partial charge in [0.15, 0.2) is 0 Å². The summed E-state index contributed by atoms with van der Waals surface area (Å²) < 4.78 is 0. The van der Waals surface area contributed by atoms with Crippen LogP contribution in [0, 0.1) is 6.92 Å². The van der Waals surface area contributed by atoms with Crippen molar-refractivity contribution in [1.29, 1.82) is 0 Å². The maximum Gasteiger partial charge on any atom is 0.253 e. The number of aromatic amines is 1. The van der Waals surface area contributed by atoms with Gasteiger partial charge in [0.1, 0.15) is 0 Å². The van der Waals surface area contributed by atoms with Crippen LogP contribution in [-0.2, 0) is 12.8 Å². The lowest BCUT2D eigenvalue weighted by Gasteiger charge is -2.24. The Kier molecular flexibility index (Phi) is 3.65. The summed E-state index contributed by atoms with van der Waals surface area (Å²) in [5.41, 5.74) is 6.15. The first kappa shape index (κ1) is 14.7. The van der Waals surface area contributed by atoms with E-state index in [4.69, 9.17) is 0 Å². The van der Waals surface area contributed by atoms with Crippen LogP contribution < -0.4 is 5.32 Å². The van der Waals surface area contributed by atoms with Gasteiger partial charge in [0.25, 0.3) is 5.91 Å². The van der Waals surface area contributed by atoms with Crippen molar-refractivity contribution in [2.75, 3.05) is 0 Å². The molecule has 4 heteroatoms. The number of H-pyrrole nitrogens is 1. The SMILES string of the molecule is Cc1c(-c2ccncc2)[nH]c2c1C(=O)NC(Cc1ccccc1)C2. The Balaban J connectivity index is 1.65. The maximum absolute atomic E-state index is 12.6. The van der Waals surface area contributed by atoms with Crippen LogP contribution in [0.15, 0.2) is 54.9 Å². The van der Waals surface area contributed by atoms with Crippen LogP contribution in [0.5, 0.6) is 0 Å². The average Bonchev–Trinajstić information content (AvgIpc) is 2.94. The molecule has 24 heavy (non-hydrogen) atoms. The number of carbonyl (C=O) groups excluding carboxylic acids is 1. The fraction of sp³-hybridized carbons (Fsp3) is 0.200. The van der Waals surface area contributed by atoms with Crippen molar-refractivity contribution < 1.29 is 4.79 Å². The lowest BCUT2D eigenvalue weighted by Crippen LogP contribution is -2.42. The van der Waals surface area contributed by atoms with Crippen LogP contribution >= 0.6 is 0 Å². The first-order valence-electron chi connectivity index (χ1n) is 8.19. The highest BCUT2D eigenvalue weighted by Gasteiger charge is 2.29. The maximum atomic E-state index is 12.6. The zero-order valence-corrected chi connectivity index (χ0v) is 13.5. The number of rotatable bonds is 3. The number of pyridine rings is 1. The first-order chi connectivity index (χ1) is 11.7. The second-order valence-electron chi connectivity index (χ2n) is 6.28. The number of nitrogens with zero attached hydrogens (tertiary/aromatic N) is 1. The Hall–Kier alpha value is -2.88. The molecule has 0 saturated heterocycles. The topological polar surface area (TPSA) is 57.8 Å². The fourth-order valence-corrected chi connectivity index (χ4v) is 3.50. The third-order valence-electron chi connectivity index (χ3n) is 4.63. The molecule has 4 rings (SSSR count). The van der Waals surface area contributed by atoms with Crippen LogP contribution in [0.3, 0.4) is 0 Å². The zero-order chi connectivity index (χ0) is 16.5. The summed E-state index contributed by atoms with van der Waals surface area (Å²) in [6, 6.07) is 14.3. The molecule has 0 radical (unpaired) electrons. The van der Waals surface area contributed by atoms with Crippen molar-refractivity contribution in [2.24, 2.45) is 0 Å². The van der Waals surface area contributed by atoms with E-state index in [0.717, 1.165) is 40.9 Å². The van der Waals surface area contributed by atoms with E-state index in [1.54, 1.807) is 12.4 Å². The molecule has 0 aliphatic carbocycles. The molecule has 0 bridgehead atoms. The van der Waals surface area contributed by atoms with Gasteiger partial charge in [0.05, 0.1) is 5.56 Å². The number of nitrogens with one attached hydrogen (secondary N) is 2. The molecular weight excluding hydrogens is 298 g/mol. The highest BCUT2D eigenvalue weighted by Crippen LogP contribution is 2.30. The molecule has 120 valence electrons. The minimum absolute atomic E-state index is 0.0197. The van der Waals surface area contributed by atoms with Gasteiger partial charge >= 0.3 is 0 Å². The molecule has 2 aromatic heterocycles. The summed E-state index contributed by atoms with van der Waals surface area (Å²) in [7, 11) is 0. The van der Waals surface area contributed by atoms with E-state index in [1.165, 1.54) is 5.56 Å². The zero-order valence-electron chi connectivity index (χ0n) is 13.5. The van der Waals surface area contributed by atoms with E-state index in [-0.39, 0.29) is 11.9 Å². The molecule has 1 aliphatic heterocycles. The van der Waals surface area contributed by atoms with Crippen molar-refractivity contribution >= 4 is 5.91 Å². The molecular formula is C20H19N3O. The van der Waals surface area contributed by atoms with Crippen molar-refractivity contribution in [3.63, 3.8) is 0 Å². The second kappa shape index (κ2) is 5.96. The summed E-state index contributed by atoms with van der Waals surface area (Å²) in [5.74, 6) is 0.0197. The lowest BCUT2D eigenvalue weighted by molar-refractivity contribution is 0.0924. The number of carbonyl (C=O) groups is 1. The lowest BCUT2D eigenvalue weighted by atomic mass is 9.94.